The summed E-state index contributed by atoms with van der Waals surface area (Å²) in [6.45, 7) is 2.91. The Balaban J connectivity index is 1.60. The van der Waals surface area contributed by atoms with Gasteiger partial charge in [-0.1, -0.05) is 6.07 Å². The first-order valence-corrected chi connectivity index (χ1v) is 10.6. The molecule has 0 bridgehead atoms. The summed E-state index contributed by atoms with van der Waals surface area (Å²) in [6, 6.07) is 13.2. The number of nitrogens with zero attached hydrogens (tertiary/aromatic N) is 1. The van der Waals surface area contributed by atoms with Crippen LogP contribution in [0.4, 0.5) is 0 Å². The molecule has 0 aromatic heterocycles. The molecule has 1 fully saturated rings. The second-order valence-electron chi connectivity index (χ2n) is 7.66. The topological polar surface area (TPSA) is 69.6 Å². The Hall–Kier alpha value is -2.48. The lowest BCUT2D eigenvalue weighted by molar-refractivity contribution is 0.0313. The van der Waals surface area contributed by atoms with E-state index in [-0.39, 0.29) is 12.7 Å². The van der Waals surface area contributed by atoms with Crippen LogP contribution in [0.25, 0.3) is 0 Å². The number of rotatable bonds is 12. The zero-order valence-corrected chi connectivity index (χ0v) is 18.6. The first-order chi connectivity index (χ1) is 15.1. The molecule has 3 rings (SSSR count). The number of aliphatic hydroxyl groups is 1. The number of hydrogen-bond donors (Lipinski definition) is 1. The minimum Gasteiger partial charge on any atom is -0.497 e. The summed E-state index contributed by atoms with van der Waals surface area (Å²) in [5, 5.41) is 10.6. The van der Waals surface area contributed by atoms with Crippen molar-refractivity contribution in [1.82, 2.24) is 4.90 Å². The van der Waals surface area contributed by atoms with E-state index in [4.69, 9.17) is 23.7 Å². The number of benzene rings is 2. The van der Waals surface area contributed by atoms with Crippen molar-refractivity contribution in [3.8, 4) is 23.0 Å². The molecule has 1 aliphatic rings. The number of methoxy groups -OCH3 is 3. The maximum absolute atomic E-state index is 10.6. The van der Waals surface area contributed by atoms with Crippen molar-refractivity contribution in [2.75, 3.05) is 47.6 Å². The molecule has 0 saturated carbocycles. The Morgan fingerprint density at radius 3 is 2.39 bits per heavy atom. The molecule has 1 N–H and O–H groups in total. The van der Waals surface area contributed by atoms with E-state index in [1.165, 1.54) is 0 Å². The second-order valence-corrected chi connectivity index (χ2v) is 7.66. The van der Waals surface area contributed by atoms with E-state index in [1.54, 1.807) is 21.3 Å². The molecule has 1 aliphatic heterocycles. The molecule has 0 amide bonds. The molecule has 2 aromatic rings. The van der Waals surface area contributed by atoms with Gasteiger partial charge in [-0.05, 0) is 54.8 Å². The number of hydrogen-bond acceptors (Lipinski definition) is 7. The van der Waals surface area contributed by atoms with Crippen molar-refractivity contribution in [3.05, 3.63) is 48.0 Å². The summed E-state index contributed by atoms with van der Waals surface area (Å²) in [5.41, 5.74) is 1.08. The largest absolute Gasteiger partial charge is 0.497 e. The Labute approximate surface area is 184 Å². The zero-order chi connectivity index (χ0) is 22.1. The normalized spacial score (nSPS) is 16.9. The van der Waals surface area contributed by atoms with Crippen LogP contribution in [0.2, 0.25) is 0 Å². The molecule has 0 spiro atoms. The molecule has 0 unspecified atom stereocenters. The van der Waals surface area contributed by atoms with Crippen LogP contribution in [0.5, 0.6) is 23.0 Å². The summed E-state index contributed by atoms with van der Waals surface area (Å²) < 4.78 is 27.5. The molecule has 0 aliphatic carbocycles. The summed E-state index contributed by atoms with van der Waals surface area (Å²) in [5.74, 6) is 2.86. The van der Waals surface area contributed by atoms with Crippen LogP contribution in [0.3, 0.4) is 0 Å². The summed E-state index contributed by atoms with van der Waals surface area (Å²) in [7, 11) is 4.88. The van der Waals surface area contributed by atoms with E-state index in [9.17, 15) is 5.11 Å². The molecule has 2 aromatic carbocycles. The Morgan fingerprint density at radius 2 is 1.74 bits per heavy atom. The Kier molecular flexibility index (Phi) is 8.82. The average molecular weight is 432 g/mol. The highest BCUT2D eigenvalue weighted by atomic mass is 16.5. The lowest BCUT2D eigenvalue weighted by atomic mass is 10.1. The smallest absolute Gasteiger partial charge is 0.161 e. The van der Waals surface area contributed by atoms with Crippen molar-refractivity contribution >= 4 is 0 Å². The fraction of sp³-hybridized carbons (Fsp3) is 0.500. The first kappa shape index (κ1) is 23.2. The standard InChI is InChI=1S/C24H33NO6/c1-27-20-7-9-21(10-8-20)31-17-19(26)15-25(16-22-5-4-12-30-22)14-18-6-11-23(28-2)24(13-18)29-3/h6-11,13,19,22,26H,4-5,12,14-17H2,1-3H3/t19-,22-/m0/s1. The van der Waals surface area contributed by atoms with Gasteiger partial charge in [-0.3, -0.25) is 4.90 Å². The van der Waals surface area contributed by atoms with E-state index in [0.717, 1.165) is 37.3 Å². The van der Waals surface area contributed by atoms with Gasteiger partial charge in [0.2, 0.25) is 0 Å². The fourth-order valence-corrected chi connectivity index (χ4v) is 3.73. The third-order valence-corrected chi connectivity index (χ3v) is 5.31. The van der Waals surface area contributed by atoms with Gasteiger partial charge in [-0.15, -0.1) is 0 Å². The van der Waals surface area contributed by atoms with Crippen LogP contribution in [0.15, 0.2) is 42.5 Å². The molecule has 2 atom stereocenters. The predicted octanol–water partition coefficient (Wildman–Crippen LogP) is 3.13. The number of aliphatic hydroxyl groups excluding tert-OH is 1. The SMILES string of the molecule is COc1ccc(OC[C@@H](O)CN(Cc2ccc(OC)c(OC)c2)C[C@@H]2CCCO2)cc1. The van der Waals surface area contributed by atoms with Crippen LogP contribution in [0, 0.1) is 0 Å². The van der Waals surface area contributed by atoms with Gasteiger partial charge in [0.25, 0.3) is 0 Å². The maximum Gasteiger partial charge on any atom is 0.161 e. The van der Waals surface area contributed by atoms with Crippen molar-refractivity contribution in [1.29, 1.82) is 0 Å². The van der Waals surface area contributed by atoms with Gasteiger partial charge in [0.1, 0.15) is 24.2 Å². The van der Waals surface area contributed by atoms with Crippen LogP contribution >= 0.6 is 0 Å². The van der Waals surface area contributed by atoms with Crippen LogP contribution in [-0.2, 0) is 11.3 Å². The van der Waals surface area contributed by atoms with E-state index >= 15 is 0 Å². The second kappa shape index (κ2) is 11.8. The highest BCUT2D eigenvalue weighted by Crippen LogP contribution is 2.28. The molecular formula is C24H33NO6. The van der Waals surface area contributed by atoms with Gasteiger partial charge >= 0.3 is 0 Å². The van der Waals surface area contributed by atoms with Gasteiger partial charge in [0.15, 0.2) is 11.5 Å². The molecule has 1 heterocycles. The van der Waals surface area contributed by atoms with Gasteiger partial charge in [0, 0.05) is 26.2 Å². The molecule has 170 valence electrons. The molecule has 31 heavy (non-hydrogen) atoms. The fourth-order valence-electron chi connectivity index (χ4n) is 3.73. The van der Waals surface area contributed by atoms with E-state index in [0.29, 0.717) is 30.3 Å². The first-order valence-electron chi connectivity index (χ1n) is 10.6. The molecule has 0 radical (unpaired) electrons. The minimum atomic E-state index is -0.636. The van der Waals surface area contributed by atoms with Crippen LogP contribution in [0.1, 0.15) is 18.4 Å². The summed E-state index contributed by atoms with van der Waals surface area (Å²) >= 11 is 0. The van der Waals surface area contributed by atoms with Crippen LogP contribution < -0.4 is 18.9 Å². The minimum absolute atomic E-state index is 0.190. The van der Waals surface area contributed by atoms with Gasteiger partial charge in [-0.2, -0.15) is 0 Å². The van der Waals surface area contributed by atoms with Gasteiger partial charge in [-0.25, -0.2) is 0 Å². The highest BCUT2D eigenvalue weighted by molar-refractivity contribution is 5.42. The zero-order valence-electron chi connectivity index (χ0n) is 18.6. The Bertz CT molecular complexity index is 791. The predicted molar refractivity (Wildman–Crippen MR) is 118 cm³/mol. The van der Waals surface area contributed by atoms with Gasteiger partial charge < -0.3 is 28.8 Å². The third kappa shape index (κ3) is 7.02. The van der Waals surface area contributed by atoms with E-state index in [2.05, 4.69) is 4.90 Å². The van der Waals surface area contributed by atoms with Crippen molar-refractivity contribution < 1.29 is 28.8 Å². The molecule has 7 nitrogen and oxygen atoms in total. The summed E-state index contributed by atoms with van der Waals surface area (Å²) in [6.07, 6.45) is 1.68. The molecule has 7 heteroatoms. The van der Waals surface area contributed by atoms with Crippen LogP contribution in [-0.4, -0.2) is 69.8 Å². The summed E-state index contributed by atoms with van der Waals surface area (Å²) in [4.78, 5) is 2.21. The number of ether oxygens (including phenoxy) is 5. The maximum atomic E-state index is 10.6. The van der Waals surface area contributed by atoms with E-state index in [1.807, 2.05) is 42.5 Å². The average Bonchev–Trinajstić information content (AvgIpc) is 3.31. The highest BCUT2D eigenvalue weighted by Gasteiger charge is 2.22. The lowest BCUT2D eigenvalue weighted by Gasteiger charge is -2.27. The van der Waals surface area contributed by atoms with E-state index < -0.39 is 6.10 Å². The van der Waals surface area contributed by atoms with Crippen molar-refractivity contribution in [2.24, 2.45) is 0 Å². The lowest BCUT2D eigenvalue weighted by Crippen LogP contribution is -2.39. The Morgan fingerprint density at radius 1 is 1.00 bits per heavy atom. The third-order valence-electron chi connectivity index (χ3n) is 5.31. The molecule has 1 saturated heterocycles. The van der Waals surface area contributed by atoms with Crippen molar-refractivity contribution in [3.63, 3.8) is 0 Å². The monoisotopic (exact) mass is 431 g/mol. The van der Waals surface area contributed by atoms with Crippen molar-refractivity contribution in [2.45, 2.75) is 31.6 Å². The van der Waals surface area contributed by atoms with Gasteiger partial charge in [0.05, 0.1) is 27.4 Å². The quantitative estimate of drug-likeness (QED) is 0.554. The molecular weight excluding hydrogens is 398 g/mol.